The molecule has 3 atom stereocenters. The number of rotatable bonds is 0. The van der Waals surface area contributed by atoms with E-state index in [2.05, 4.69) is 38.1 Å². The largest absolute Gasteiger partial charge is 0.0622 e. The Hall–Kier alpha value is -0.780. The maximum atomic E-state index is 2.52. The average Bonchev–Trinajstić information content (AvgIpc) is 2.29. The van der Waals surface area contributed by atoms with Crippen LogP contribution in [0, 0.1) is 11.8 Å². The zero-order valence-corrected chi connectivity index (χ0v) is 10.5. The zero-order valence-electron chi connectivity index (χ0n) is 10.5. The van der Waals surface area contributed by atoms with Crippen LogP contribution >= 0.6 is 0 Å². The van der Waals surface area contributed by atoms with E-state index in [1.807, 2.05) is 0 Å². The normalized spacial score (nSPS) is 37.6. The van der Waals surface area contributed by atoms with E-state index in [1.54, 1.807) is 11.1 Å². The highest BCUT2D eigenvalue weighted by atomic mass is 14.5. The topological polar surface area (TPSA) is 0 Å². The van der Waals surface area contributed by atoms with Crippen molar-refractivity contribution >= 4 is 0 Å². The highest BCUT2D eigenvalue weighted by Crippen LogP contribution is 2.51. The number of aryl methyl sites for hydroxylation is 1. The Labute approximate surface area is 99.1 Å². The van der Waals surface area contributed by atoms with Gasteiger partial charge >= 0.3 is 0 Å². The van der Waals surface area contributed by atoms with E-state index in [-0.39, 0.29) is 0 Å². The zero-order chi connectivity index (χ0) is 11.2. The van der Waals surface area contributed by atoms with Crippen LogP contribution in [0.4, 0.5) is 0 Å². The molecule has 1 saturated carbocycles. The number of hydrogen-bond acceptors (Lipinski definition) is 0. The molecule has 0 nitrogen and oxygen atoms in total. The lowest BCUT2D eigenvalue weighted by molar-refractivity contribution is 0.118. The quantitative estimate of drug-likeness (QED) is 0.603. The van der Waals surface area contributed by atoms with Gasteiger partial charge in [0.2, 0.25) is 0 Å². The minimum atomic E-state index is 0.479. The van der Waals surface area contributed by atoms with E-state index in [0.717, 1.165) is 11.8 Å². The summed E-state index contributed by atoms with van der Waals surface area (Å²) in [6, 6.07) is 9.16. The molecule has 16 heavy (non-hydrogen) atoms. The van der Waals surface area contributed by atoms with E-state index in [9.17, 15) is 0 Å². The van der Waals surface area contributed by atoms with Gasteiger partial charge in [-0.05, 0) is 47.6 Å². The maximum absolute atomic E-state index is 2.52. The molecule has 0 N–H and O–H groups in total. The van der Waals surface area contributed by atoms with Crippen LogP contribution in [0.1, 0.15) is 50.7 Å². The van der Waals surface area contributed by atoms with Gasteiger partial charge in [-0.25, -0.2) is 0 Å². The van der Waals surface area contributed by atoms with Crippen LogP contribution in [0.15, 0.2) is 24.3 Å². The van der Waals surface area contributed by atoms with Crippen LogP contribution in [0.5, 0.6) is 0 Å². The molecule has 2 aliphatic rings. The molecule has 1 aromatic rings. The maximum Gasteiger partial charge on any atom is -0.00417 e. The summed E-state index contributed by atoms with van der Waals surface area (Å²) in [6.07, 6.45) is 6.99. The molecule has 2 aliphatic carbocycles. The lowest BCUT2D eigenvalue weighted by Crippen LogP contribution is -2.43. The van der Waals surface area contributed by atoms with Crippen molar-refractivity contribution in [1.82, 2.24) is 0 Å². The molecule has 0 radical (unpaired) electrons. The summed E-state index contributed by atoms with van der Waals surface area (Å²) >= 11 is 0. The molecule has 0 aromatic heterocycles. The Kier molecular flexibility index (Phi) is 2.34. The molecular formula is C16H22. The van der Waals surface area contributed by atoms with Crippen molar-refractivity contribution in [2.45, 2.75) is 51.4 Å². The highest BCUT2D eigenvalue weighted by molar-refractivity contribution is 5.37. The predicted molar refractivity (Wildman–Crippen MR) is 68.6 cm³/mol. The Balaban J connectivity index is 2.09. The molecule has 0 spiro atoms. The predicted octanol–water partition coefficient (Wildman–Crippen LogP) is 4.33. The minimum absolute atomic E-state index is 0.479. The van der Waals surface area contributed by atoms with Crippen molar-refractivity contribution in [3.63, 3.8) is 0 Å². The first-order valence-corrected chi connectivity index (χ1v) is 6.80. The molecule has 1 fully saturated rings. The lowest BCUT2D eigenvalue weighted by Gasteiger charge is -2.49. The Morgan fingerprint density at radius 2 is 2.00 bits per heavy atom. The lowest BCUT2D eigenvalue weighted by atomic mass is 9.55. The van der Waals surface area contributed by atoms with Crippen molar-refractivity contribution in [2.75, 3.05) is 0 Å². The van der Waals surface area contributed by atoms with Crippen LogP contribution in [-0.2, 0) is 11.8 Å². The molecule has 1 aromatic carbocycles. The monoisotopic (exact) mass is 214 g/mol. The summed E-state index contributed by atoms with van der Waals surface area (Å²) in [5.41, 5.74) is 3.76. The fourth-order valence-corrected chi connectivity index (χ4v) is 4.35. The minimum Gasteiger partial charge on any atom is -0.0622 e. The second-order valence-electron chi connectivity index (χ2n) is 6.09. The number of benzene rings is 1. The van der Waals surface area contributed by atoms with Gasteiger partial charge in [-0.3, -0.25) is 0 Å². The van der Waals surface area contributed by atoms with E-state index < -0.39 is 0 Å². The molecule has 0 bridgehead atoms. The van der Waals surface area contributed by atoms with Gasteiger partial charge in [0.25, 0.3) is 0 Å². The van der Waals surface area contributed by atoms with Crippen LogP contribution < -0.4 is 0 Å². The molecule has 0 aliphatic heterocycles. The van der Waals surface area contributed by atoms with Gasteiger partial charge < -0.3 is 0 Å². The number of hydrogen-bond donors (Lipinski definition) is 0. The molecule has 0 saturated heterocycles. The van der Waals surface area contributed by atoms with Crippen molar-refractivity contribution < 1.29 is 0 Å². The second-order valence-corrected chi connectivity index (χ2v) is 6.09. The van der Waals surface area contributed by atoms with Crippen LogP contribution in [0.2, 0.25) is 0 Å². The van der Waals surface area contributed by atoms with Crippen LogP contribution in [-0.4, -0.2) is 0 Å². The Bertz CT molecular complexity index is 393. The summed E-state index contributed by atoms with van der Waals surface area (Å²) in [7, 11) is 0. The van der Waals surface area contributed by atoms with E-state index in [4.69, 9.17) is 0 Å². The van der Waals surface area contributed by atoms with Gasteiger partial charge in [-0.15, -0.1) is 0 Å². The fraction of sp³-hybridized carbons (Fsp3) is 0.625. The summed E-state index contributed by atoms with van der Waals surface area (Å²) < 4.78 is 0. The van der Waals surface area contributed by atoms with Crippen LogP contribution in [0.25, 0.3) is 0 Å². The summed E-state index contributed by atoms with van der Waals surface area (Å²) in [5.74, 6) is 1.85. The van der Waals surface area contributed by atoms with E-state index in [1.165, 1.54) is 32.1 Å². The van der Waals surface area contributed by atoms with Gasteiger partial charge in [-0.2, -0.15) is 0 Å². The second kappa shape index (κ2) is 3.61. The number of fused-ring (bicyclic) bond motifs is 3. The highest BCUT2D eigenvalue weighted by Gasteiger charge is 2.44. The SMILES string of the molecule is CC1CCC[C@]2(C)c3ccccc3CCC12. The van der Waals surface area contributed by atoms with Gasteiger partial charge in [0, 0.05) is 0 Å². The summed E-state index contributed by atoms with van der Waals surface area (Å²) in [4.78, 5) is 0. The Morgan fingerprint density at radius 1 is 1.19 bits per heavy atom. The van der Waals surface area contributed by atoms with Gasteiger partial charge in [-0.1, -0.05) is 51.0 Å². The smallest absolute Gasteiger partial charge is 0.00417 e. The standard InChI is InChI=1S/C16H22/c1-12-6-5-11-16(2)14(12)10-9-13-7-3-4-8-15(13)16/h3-4,7-8,12,14H,5-6,9-11H2,1-2H3/t12?,14?,16-/m0/s1. The first-order chi connectivity index (χ1) is 7.72. The molecule has 0 heterocycles. The van der Waals surface area contributed by atoms with E-state index >= 15 is 0 Å². The Morgan fingerprint density at radius 3 is 2.88 bits per heavy atom. The molecule has 0 heteroatoms. The van der Waals surface area contributed by atoms with Gasteiger partial charge in [0.05, 0.1) is 0 Å². The van der Waals surface area contributed by atoms with E-state index in [0.29, 0.717) is 5.41 Å². The summed E-state index contributed by atoms with van der Waals surface area (Å²) in [5, 5.41) is 0. The molecule has 86 valence electrons. The fourth-order valence-electron chi connectivity index (χ4n) is 4.35. The van der Waals surface area contributed by atoms with Crippen molar-refractivity contribution in [1.29, 1.82) is 0 Å². The third kappa shape index (κ3) is 1.35. The first kappa shape index (κ1) is 10.4. The molecule has 3 rings (SSSR count). The van der Waals surface area contributed by atoms with Crippen molar-refractivity contribution in [3.8, 4) is 0 Å². The molecular weight excluding hydrogens is 192 g/mol. The van der Waals surface area contributed by atoms with Crippen molar-refractivity contribution in [3.05, 3.63) is 35.4 Å². The van der Waals surface area contributed by atoms with Crippen LogP contribution in [0.3, 0.4) is 0 Å². The average molecular weight is 214 g/mol. The summed E-state index contributed by atoms with van der Waals surface area (Å²) in [6.45, 7) is 4.99. The molecule has 2 unspecified atom stereocenters. The van der Waals surface area contributed by atoms with Crippen molar-refractivity contribution in [2.24, 2.45) is 11.8 Å². The first-order valence-electron chi connectivity index (χ1n) is 6.80. The molecule has 0 amide bonds. The van der Waals surface area contributed by atoms with Gasteiger partial charge in [0.1, 0.15) is 0 Å². The third-order valence-electron chi connectivity index (χ3n) is 5.22. The third-order valence-corrected chi connectivity index (χ3v) is 5.22. The van der Waals surface area contributed by atoms with Gasteiger partial charge in [0.15, 0.2) is 0 Å².